The number of rotatable bonds is 7. The molecule has 0 bridgehead atoms. The van der Waals surface area contributed by atoms with Crippen LogP contribution in [0.1, 0.15) is 30.2 Å². The maximum absolute atomic E-state index is 4.78. The number of pyridine rings is 1. The van der Waals surface area contributed by atoms with E-state index in [0.717, 1.165) is 51.0 Å². The van der Waals surface area contributed by atoms with Gasteiger partial charge in [-0.25, -0.2) is 9.98 Å². The average Bonchev–Trinajstić information content (AvgIpc) is 3.26. The largest absolute Gasteiger partial charge is 0.357 e. The highest BCUT2D eigenvalue weighted by atomic mass is 32.1. The Morgan fingerprint density at radius 3 is 2.79 bits per heavy atom. The van der Waals surface area contributed by atoms with Crippen molar-refractivity contribution in [2.24, 2.45) is 4.99 Å². The molecule has 1 saturated heterocycles. The molecule has 2 aromatic rings. The zero-order valence-electron chi connectivity index (χ0n) is 17.2. The molecule has 0 aromatic carbocycles. The SMILES string of the molecule is CCNC(=NCc1ccnc(N2CCN(C)CC2)c1)NCC(C)c1cccs1. The van der Waals surface area contributed by atoms with E-state index in [0.29, 0.717) is 12.5 Å². The molecule has 0 spiro atoms. The van der Waals surface area contributed by atoms with E-state index in [1.807, 2.05) is 6.20 Å². The number of hydrogen-bond acceptors (Lipinski definition) is 5. The van der Waals surface area contributed by atoms with E-state index < -0.39 is 0 Å². The number of piperazine rings is 1. The fourth-order valence-corrected chi connectivity index (χ4v) is 3.99. The number of likely N-dealkylation sites (N-methyl/N-ethyl adjacent to an activating group) is 1. The fraction of sp³-hybridized carbons (Fsp3) is 0.524. The fourth-order valence-electron chi connectivity index (χ4n) is 3.20. The molecular formula is C21H32N6S. The third-order valence-corrected chi connectivity index (χ3v) is 6.11. The van der Waals surface area contributed by atoms with Gasteiger partial charge in [0.15, 0.2) is 5.96 Å². The zero-order valence-corrected chi connectivity index (χ0v) is 18.0. The monoisotopic (exact) mass is 400 g/mol. The van der Waals surface area contributed by atoms with Gasteiger partial charge in [0.2, 0.25) is 0 Å². The van der Waals surface area contributed by atoms with Crippen LogP contribution in [0.2, 0.25) is 0 Å². The first-order valence-corrected chi connectivity index (χ1v) is 11.0. The second kappa shape index (κ2) is 10.4. The van der Waals surface area contributed by atoms with Gasteiger partial charge in [0.05, 0.1) is 6.54 Å². The Hall–Kier alpha value is -2.12. The van der Waals surface area contributed by atoms with Crippen LogP contribution in [0.5, 0.6) is 0 Å². The topological polar surface area (TPSA) is 55.8 Å². The smallest absolute Gasteiger partial charge is 0.191 e. The molecule has 0 aliphatic carbocycles. The lowest BCUT2D eigenvalue weighted by Crippen LogP contribution is -2.44. The van der Waals surface area contributed by atoms with Crippen molar-refractivity contribution >= 4 is 23.1 Å². The second-order valence-electron chi connectivity index (χ2n) is 7.31. The van der Waals surface area contributed by atoms with Gasteiger partial charge in [0.1, 0.15) is 5.82 Å². The van der Waals surface area contributed by atoms with E-state index in [1.165, 1.54) is 10.4 Å². The number of nitrogens with one attached hydrogen (secondary N) is 2. The highest BCUT2D eigenvalue weighted by molar-refractivity contribution is 7.10. The Kier molecular flexibility index (Phi) is 7.68. The number of guanidine groups is 1. The summed E-state index contributed by atoms with van der Waals surface area (Å²) in [6.45, 7) is 10.9. The van der Waals surface area contributed by atoms with Gasteiger partial charge in [-0.3, -0.25) is 0 Å². The third-order valence-electron chi connectivity index (χ3n) is 5.01. The minimum absolute atomic E-state index is 0.466. The Morgan fingerprint density at radius 1 is 1.25 bits per heavy atom. The lowest BCUT2D eigenvalue weighted by molar-refractivity contribution is 0.312. The molecule has 1 aliphatic rings. The molecule has 7 heteroatoms. The summed E-state index contributed by atoms with van der Waals surface area (Å²) in [7, 11) is 2.17. The number of nitrogens with zero attached hydrogens (tertiary/aromatic N) is 4. The first kappa shape index (κ1) is 20.6. The molecule has 2 N–H and O–H groups in total. The van der Waals surface area contributed by atoms with Gasteiger partial charge in [0.25, 0.3) is 0 Å². The summed E-state index contributed by atoms with van der Waals surface area (Å²) in [5.74, 6) is 2.39. The molecular weight excluding hydrogens is 368 g/mol. The van der Waals surface area contributed by atoms with Crippen LogP contribution in [0, 0.1) is 0 Å². The molecule has 3 rings (SSSR count). The van der Waals surface area contributed by atoms with Crippen LogP contribution < -0.4 is 15.5 Å². The Bertz CT molecular complexity index is 737. The number of aromatic nitrogens is 1. The summed E-state index contributed by atoms with van der Waals surface area (Å²) in [6, 6.07) is 8.53. The Morgan fingerprint density at radius 2 is 2.07 bits per heavy atom. The summed E-state index contributed by atoms with van der Waals surface area (Å²) in [6.07, 6.45) is 1.90. The molecule has 2 aromatic heterocycles. The van der Waals surface area contributed by atoms with Crippen molar-refractivity contribution in [3.05, 3.63) is 46.3 Å². The molecule has 0 amide bonds. The van der Waals surface area contributed by atoms with Crippen LogP contribution >= 0.6 is 11.3 Å². The van der Waals surface area contributed by atoms with E-state index in [9.17, 15) is 0 Å². The molecule has 1 fully saturated rings. The predicted molar refractivity (Wildman–Crippen MR) is 119 cm³/mol. The van der Waals surface area contributed by atoms with Crippen molar-refractivity contribution in [2.75, 3.05) is 51.2 Å². The van der Waals surface area contributed by atoms with Crippen LogP contribution in [0.4, 0.5) is 5.82 Å². The van der Waals surface area contributed by atoms with Gasteiger partial charge in [-0.1, -0.05) is 13.0 Å². The first-order chi connectivity index (χ1) is 13.7. The van der Waals surface area contributed by atoms with Crippen molar-refractivity contribution in [3.63, 3.8) is 0 Å². The van der Waals surface area contributed by atoms with Gasteiger partial charge >= 0.3 is 0 Å². The van der Waals surface area contributed by atoms with Gasteiger partial charge < -0.3 is 20.4 Å². The van der Waals surface area contributed by atoms with Crippen molar-refractivity contribution < 1.29 is 0 Å². The van der Waals surface area contributed by atoms with E-state index >= 15 is 0 Å². The minimum Gasteiger partial charge on any atom is -0.357 e. The average molecular weight is 401 g/mol. The molecule has 0 radical (unpaired) electrons. The molecule has 28 heavy (non-hydrogen) atoms. The molecule has 1 unspecified atom stereocenters. The normalized spacial score (nSPS) is 16.8. The van der Waals surface area contributed by atoms with Crippen molar-refractivity contribution in [1.29, 1.82) is 0 Å². The molecule has 1 atom stereocenters. The van der Waals surface area contributed by atoms with Gasteiger partial charge in [-0.15, -0.1) is 11.3 Å². The summed E-state index contributed by atoms with van der Waals surface area (Å²) in [4.78, 5) is 15.5. The molecule has 3 heterocycles. The third kappa shape index (κ3) is 5.94. The van der Waals surface area contributed by atoms with Crippen LogP contribution in [0.25, 0.3) is 0 Å². The summed E-state index contributed by atoms with van der Waals surface area (Å²) in [5, 5.41) is 8.95. The number of thiophene rings is 1. The predicted octanol–water partition coefficient (Wildman–Crippen LogP) is 2.75. The Labute approximate surface area is 172 Å². The summed E-state index contributed by atoms with van der Waals surface area (Å²) < 4.78 is 0. The molecule has 0 saturated carbocycles. The lowest BCUT2D eigenvalue weighted by atomic mass is 10.1. The van der Waals surface area contributed by atoms with Crippen LogP contribution in [0.15, 0.2) is 40.8 Å². The van der Waals surface area contributed by atoms with Gasteiger partial charge in [-0.2, -0.15) is 0 Å². The molecule has 152 valence electrons. The van der Waals surface area contributed by atoms with Gasteiger partial charge in [0, 0.05) is 56.3 Å². The van der Waals surface area contributed by atoms with E-state index in [2.05, 4.69) is 76.0 Å². The zero-order chi connectivity index (χ0) is 19.8. The van der Waals surface area contributed by atoms with Gasteiger partial charge in [-0.05, 0) is 43.1 Å². The van der Waals surface area contributed by atoms with Crippen molar-refractivity contribution in [1.82, 2.24) is 20.5 Å². The van der Waals surface area contributed by atoms with E-state index in [1.54, 1.807) is 11.3 Å². The van der Waals surface area contributed by atoms with Crippen molar-refractivity contribution in [2.45, 2.75) is 26.3 Å². The number of hydrogen-bond donors (Lipinski definition) is 2. The maximum atomic E-state index is 4.78. The van der Waals surface area contributed by atoms with E-state index in [4.69, 9.17) is 4.99 Å². The maximum Gasteiger partial charge on any atom is 0.191 e. The van der Waals surface area contributed by atoms with Crippen LogP contribution in [0.3, 0.4) is 0 Å². The first-order valence-electron chi connectivity index (χ1n) is 10.1. The lowest BCUT2D eigenvalue weighted by Gasteiger charge is -2.33. The second-order valence-corrected chi connectivity index (χ2v) is 8.28. The van der Waals surface area contributed by atoms with Crippen LogP contribution in [-0.2, 0) is 6.54 Å². The highest BCUT2D eigenvalue weighted by Crippen LogP contribution is 2.19. The van der Waals surface area contributed by atoms with Crippen LogP contribution in [-0.4, -0.2) is 62.2 Å². The minimum atomic E-state index is 0.466. The quantitative estimate of drug-likeness (QED) is 0.553. The number of anilines is 1. The van der Waals surface area contributed by atoms with Crippen molar-refractivity contribution in [3.8, 4) is 0 Å². The molecule has 6 nitrogen and oxygen atoms in total. The Balaban J connectivity index is 1.58. The summed E-state index contributed by atoms with van der Waals surface area (Å²) in [5.41, 5.74) is 1.19. The highest BCUT2D eigenvalue weighted by Gasteiger charge is 2.15. The molecule has 1 aliphatic heterocycles. The standard InChI is InChI=1S/C21H32N6S/c1-4-22-21(24-15-17(2)19-6-5-13-28-19)25-16-18-7-8-23-20(14-18)27-11-9-26(3)10-12-27/h5-8,13-14,17H,4,9-12,15-16H2,1-3H3,(H2,22,24,25). The van der Waals surface area contributed by atoms with E-state index in [-0.39, 0.29) is 0 Å². The summed E-state index contributed by atoms with van der Waals surface area (Å²) >= 11 is 1.81. The number of aliphatic imine (C=N–C) groups is 1.